The summed E-state index contributed by atoms with van der Waals surface area (Å²) in [7, 11) is 1.82. The normalized spacial score (nSPS) is 16.3. The fourth-order valence-electron chi connectivity index (χ4n) is 2.29. The number of carbonyl (C=O) groups is 1. The second kappa shape index (κ2) is 4.53. The minimum Gasteiger partial charge on any atom is -0.341 e. The van der Waals surface area contributed by atoms with Gasteiger partial charge in [-0.2, -0.15) is 5.10 Å². The van der Waals surface area contributed by atoms with Crippen LogP contribution in [-0.4, -0.2) is 25.2 Å². The Labute approximate surface area is 111 Å². The summed E-state index contributed by atoms with van der Waals surface area (Å²) in [6.45, 7) is 1.91. The number of aromatic nitrogens is 4. The van der Waals surface area contributed by atoms with Crippen molar-refractivity contribution in [2.45, 2.75) is 31.8 Å². The fraction of sp³-hybridized carbons (Fsp3) is 0.462. The first kappa shape index (κ1) is 12.0. The average Bonchev–Trinajstić information content (AvgIpc) is 2.94. The maximum atomic E-state index is 12.3. The Kier molecular flexibility index (Phi) is 2.85. The van der Waals surface area contributed by atoms with Crippen molar-refractivity contribution in [1.29, 1.82) is 0 Å². The van der Waals surface area contributed by atoms with E-state index in [1.165, 1.54) is 6.33 Å². The van der Waals surface area contributed by atoms with Crippen molar-refractivity contribution in [1.82, 2.24) is 24.6 Å². The Hall–Kier alpha value is -2.11. The molecule has 3 rings (SSSR count). The smallest absolute Gasteiger partial charge is 0.268 e. The van der Waals surface area contributed by atoms with Crippen molar-refractivity contribution in [3.8, 4) is 0 Å². The largest absolute Gasteiger partial charge is 0.341 e. The van der Waals surface area contributed by atoms with Gasteiger partial charge in [0.25, 0.3) is 5.91 Å². The molecule has 1 atom stereocenters. The number of hydrogen-bond acceptors (Lipinski definition) is 3. The van der Waals surface area contributed by atoms with Crippen molar-refractivity contribution in [3.63, 3.8) is 0 Å². The van der Waals surface area contributed by atoms with Crippen LogP contribution in [0.4, 0.5) is 0 Å². The van der Waals surface area contributed by atoms with Crippen LogP contribution < -0.4 is 5.32 Å². The van der Waals surface area contributed by atoms with Gasteiger partial charge >= 0.3 is 0 Å². The number of carbonyl (C=O) groups excluding carboxylic acids is 1. The lowest BCUT2D eigenvalue weighted by molar-refractivity contribution is 0.0928. The summed E-state index contributed by atoms with van der Waals surface area (Å²) in [6, 6.07) is 4.11. The third kappa shape index (κ3) is 2.25. The summed E-state index contributed by atoms with van der Waals surface area (Å²) in [6.07, 6.45) is 5.78. The number of amides is 1. The van der Waals surface area contributed by atoms with E-state index in [4.69, 9.17) is 0 Å². The van der Waals surface area contributed by atoms with E-state index in [1.54, 1.807) is 4.68 Å². The zero-order valence-corrected chi connectivity index (χ0v) is 11.1. The molecule has 1 fully saturated rings. The van der Waals surface area contributed by atoms with E-state index >= 15 is 0 Å². The molecule has 6 heteroatoms. The number of aryl methyl sites for hydroxylation is 1. The van der Waals surface area contributed by atoms with E-state index in [-0.39, 0.29) is 11.9 Å². The second-order valence-electron chi connectivity index (χ2n) is 4.97. The number of nitrogens with one attached hydrogen (secondary N) is 1. The molecule has 19 heavy (non-hydrogen) atoms. The summed E-state index contributed by atoms with van der Waals surface area (Å²) in [5.74, 6) is 0.685. The molecule has 100 valence electrons. The van der Waals surface area contributed by atoms with Crippen molar-refractivity contribution < 1.29 is 4.79 Å². The van der Waals surface area contributed by atoms with E-state index in [2.05, 4.69) is 20.0 Å². The van der Waals surface area contributed by atoms with E-state index < -0.39 is 0 Å². The van der Waals surface area contributed by atoms with E-state index in [9.17, 15) is 4.79 Å². The molecule has 1 N–H and O–H groups in total. The van der Waals surface area contributed by atoms with Crippen molar-refractivity contribution in [2.75, 3.05) is 0 Å². The molecular weight excluding hydrogens is 242 g/mol. The van der Waals surface area contributed by atoms with Gasteiger partial charge in [-0.3, -0.25) is 9.48 Å². The molecule has 0 bridgehead atoms. The van der Waals surface area contributed by atoms with Gasteiger partial charge in [0.1, 0.15) is 17.8 Å². The number of rotatable bonds is 4. The summed E-state index contributed by atoms with van der Waals surface area (Å²) in [4.78, 5) is 16.4. The SMILES string of the molecule is C[C@H](NC(=O)c1cccn1C1CC1)c1ncnn1C. The molecule has 0 saturated heterocycles. The molecule has 0 aromatic carbocycles. The van der Waals surface area contributed by atoms with Gasteiger partial charge < -0.3 is 9.88 Å². The summed E-state index contributed by atoms with van der Waals surface area (Å²) in [5, 5.41) is 6.98. The van der Waals surface area contributed by atoms with Gasteiger partial charge in [0.05, 0.1) is 6.04 Å². The van der Waals surface area contributed by atoms with Crippen LogP contribution in [0.15, 0.2) is 24.7 Å². The topological polar surface area (TPSA) is 64.7 Å². The summed E-state index contributed by atoms with van der Waals surface area (Å²) in [5.41, 5.74) is 0.719. The monoisotopic (exact) mass is 259 g/mol. The molecule has 0 spiro atoms. The predicted molar refractivity (Wildman–Crippen MR) is 69.6 cm³/mol. The minimum atomic E-state index is -0.164. The van der Waals surface area contributed by atoms with Gasteiger partial charge in [0, 0.05) is 19.3 Å². The lowest BCUT2D eigenvalue weighted by atomic mass is 10.3. The highest BCUT2D eigenvalue weighted by Gasteiger charge is 2.27. The van der Waals surface area contributed by atoms with Gasteiger partial charge in [-0.05, 0) is 31.9 Å². The lowest BCUT2D eigenvalue weighted by Gasteiger charge is -2.14. The molecule has 0 radical (unpaired) electrons. The van der Waals surface area contributed by atoms with Crippen LogP contribution in [0.25, 0.3) is 0 Å². The molecule has 2 aromatic rings. The average molecular weight is 259 g/mol. The third-order valence-electron chi connectivity index (χ3n) is 3.43. The summed E-state index contributed by atoms with van der Waals surface area (Å²) >= 11 is 0. The highest BCUT2D eigenvalue weighted by atomic mass is 16.2. The number of nitrogens with zero attached hydrogens (tertiary/aromatic N) is 4. The first-order valence-corrected chi connectivity index (χ1v) is 6.48. The van der Waals surface area contributed by atoms with Crippen molar-refractivity contribution >= 4 is 5.91 Å². The Balaban J connectivity index is 1.74. The van der Waals surface area contributed by atoms with E-state index in [0.29, 0.717) is 6.04 Å². The van der Waals surface area contributed by atoms with Gasteiger partial charge in [-0.15, -0.1) is 0 Å². The maximum absolute atomic E-state index is 12.3. The van der Waals surface area contributed by atoms with E-state index in [1.807, 2.05) is 32.3 Å². The highest BCUT2D eigenvalue weighted by Crippen LogP contribution is 2.36. The maximum Gasteiger partial charge on any atom is 0.268 e. The Bertz CT molecular complexity index is 596. The highest BCUT2D eigenvalue weighted by molar-refractivity contribution is 5.93. The minimum absolute atomic E-state index is 0.0626. The van der Waals surface area contributed by atoms with Crippen LogP contribution in [-0.2, 0) is 7.05 Å². The first-order valence-electron chi connectivity index (χ1n) is 6.48. The molecule has 1 amide bonds. The molecule has 6 nitrogen and oxygen atoms in total. The quantitative estimate of drug-likeness (QED) is 0.903. The summed E-state index contributed by atoms with van der Waals surface area (Å²) < 4.78 is 3.73. The van der Waals surface area contributed by atoms with Gasteiger partial charge in [-0.25, -0.2) is 4.98 Å². The zero-order chi connectivity index (χ0) is 13.4. The van der Waals surface area contributed by atoms with Gasteiger partial charge in [0.2, 0.25) is 0 Å². The molecule has 1 aliphatic carbocycles. The van der Waals surface area contributed by atoms with Crippen LogP contribution >= 0.6 is 0 Å². The van der Waals surface area contributed by atoms with Crippen LogP contribution in [0.5, 0.6) is 0 Å². The fourth-order valence-corrected chi connectivity index (χ4v) is 2.29. The van der Waals surface area contributed by atoms with Crippen LogP contribution in [0.3, 0.4) is 0 Å². The molecule has 1 saturated carbocycles. The van der Waals surface area contributed by atoms with Gasteiger partial charge in [0.15, 0.2) is 0 Å². The Morgan fingerprint density at radius 3 is 2.95 bits per heavy atom. The van der Waals surface area contributed by atoms with E-state index in [0.717, 1.165) is 24.4 Å². The Morgan fingerprint density at radius 1 is 1.53 bits per heavy atom. The van der Waals surface area contributed by atoms with Crippen LogP contribution in [0, 0.1) is 0 Å². The third-order valence-corrected chi connectivity index (χ3v) is 3.43. The predicted octanol–water partition coefficient (Wildman–Crippen LogP) is 1.44. The molecular formula is C13H17N5O. The molecule has 2 heterocycles. The standard InChI is InChI=1S/C13H17N5O/c1-9(12-14-8-15-17(12)2)16-13(19)11-4-3-7-18(11)10-5-6-10/h3-4,7-10H,5-6H2,1-2H3,(H,16,19)/t9-/m0/s1. The molecule has 0 aliphatic heterocycles. The van der Waals surface area contributed by atoms with Crippen LogP contribution in [0.2, 0.25) is 0 Å². The van der Waals surface area contributed by atoms with Crippen LogP contribution in [0.1, 0.15) is 48.2 Å². The molecule has 2 aromatic heterocycles. The Morgan fingerprint density at radius 2 is 2.32 bits per heavy atom. The second-order valence-corrected chi connectivity index (χ2v) is 4.97. The van der Waals surface area contributed by atoms with Crippen molar-refractivity contribution in [3.05, 3.63) is 36.2 Å². The van der Waals surface area contributed by atoms with Gasteiger partial charge in [-0.1, -0.05) is 0 Å². The lowest BCUT2D eigenvalue weighted by Crippen LogP contribution is -2.30. The first-order chi connectivity index (χ1) is 9.16. The molecule has 1 aliphatic rings. The zero-order valence-electron chi connectivity index (χ0n) is 11.1. The molecule has 0 unspecified atom stereocenters. The van der Waals surface area contributed by atoms with Crippen molar-refractivity contribution in [2.24, 2.45) is 7.05 Å². The number of hydrogen-bond donors (Lipinski definition) is 1.